The third kappa shape index (κ3) is 1.59. The molecule has 0 aliphatic carbocycles. The Bertz CT molecular complexity index is 1050. The van der Waals surface area contributed by atoms with Crippen LogP contribution < -0.4 is 5.32 Å². The normalized spacial score (nSPS) is 14.9. The molecule has 0 spiro atoms. The van der Waals surface area contributed by atoms with Gasteiger partial charge in [0.2, 0.25) is 9.84 Å². The number of aromatic carboxylic acids is 1. The van der Waals surface area contributed by atoms with Gasteiger partial charge in [-0.3, -0.25) is 0 Å². The molecular weight excluding hydrogens is 304 g/mol. The van der Waals surface area contributed by atoms with Gasteiger partial charge < -0.3 is 15.4 Å². The van der Waals surface area contributed by atoms with Crippen molar-refractivity contribution in [3.05, 3.63) is 48.2 Å². The summed E-state index contributed by atoms with van der Waals surface area (Å²) in [5.74, 6) is -1.13. The molecule has 0 saturated carbocycles. The maximum Gasteiger partial charge on any atom is 0.352 e. The first-order valence-electron chi connectivity index (χ1n) is 6.48. The van der Waals surface area contributed by atoms with E-state index in [1.807, 2.05) is 0 Å². The van der Waals surface area contributed by atoms with Gasteiger partial charge in [-0.1, -0.05) is 12.1 Å². The third-order valence-electron chi connectivity index (χ3n) is 3.70. The SMILES string of the molecule is O=C(O)c1cc2c3c(ccc2[nH]1)Nc1ccccc1S3(=O)=O. The highest BCUT2D eigenvalue weighted by atomic mass is 32.2. The van der Waals surface area contributed by atoms with Crippen molar-refractivity contribution < 1.29 is 18.3 Å². The number of anilines is 2. The monoisotopic (exact) mass is 314 g/mol. The second-order valence-corrected chi connectivity index (χ2v) is 6.87. The van der Waals surface area contributed by atoms with Crippen molar-refractivity contribution in [1.82, 2.24) is 4.98 Å². The summed E-state index contributed by atoms with van der Waals surface area (Å²) in [5.41, 5.74) is 1.39. The summed E-state index contributed by atoms with van der Waals surface area (Å²) in [4.78, 5) is 14.1. The summed E-state index contributed by atoms with van der Waals surface area (Å²) in [7, 11) is -3.72. The zero-order valence-electron chi connectivity index (χ0n) is 11.1. The van der Waals surface area contributed by atoms with Crippen molar-refractivity contribution in [2.24, 2.45) is 0 Å². The van der Waals surface area contributed by atoms with Crippen molar-refractivity contribution in [3.63, 3.8) is 0 Å². The molecule has 110 valence electrons. The highest BCUT2D eigenvalue weighted by molar-refractivity contribution is 7.92. The van der Waals surface area contributed by atoms with Crippen LogP contribution in [0.4, 0.5) is 11.4 Å². The molecule has 0 radical (unpaired) electrons. The lowest BCUT2D eigenvalue weighted by Crippen LogP contribution is -2.13. The molecule has 0 atom stereocenters. The van der Waals surface area contributed by atoms with Gasteiger partial charge >= 0.3 is 5.97 Å². The molecule has 2 heterocycles. The van der Waals surface area contributed by atoms with Gasteiger partial charge in [0.05, 0.1) is 16.3 Å². The van der Waals surface area contributed by atoms with Crippen molar-refractivity contribution in [3.8, 4) is 0 Å². The van der Waals surface area contributed by atoms with Crippen molar-refractivity contribution in [2.45, 2.75) is 9.79 Å². The van der Waals surface area contributed by atoms with E-state index in [0.29, 0.717) is 22.3 Å². The van der Waals surface area contributed by atoms with Gasteiger partial charge in [-0.2, -0.15) is 0 Å². The van der Waals surface area contributed by atoms with Crippen LogP contribution in [-0.4, -0.2) is 24.5 Å². The van der Waals surface area contributed by atoms with Crippen LogP contribution in [0.3, 0.4) is 0 Å². The average Bonchev–Trinajstić information content (AvgIpc) is 2.91. The number of aromatic amines is 1. The van der Waals surface area contributed by atoms with Gasteiger partial charge in [-0.15, -0.1) is 0 Å². The highest BCUT2D eigenvalue weighted by Crippen LogP contribution is 2.42. The van der Waals surface area contributed by atoms with E-state index in [4.69, 9.17) is 5.11 Å². The van der Waals surface area contributed by atoms with Gasteiger partial charge in [0.15, 0.2) is 0 Å². The Labute approximate surface area is 125 Å². The minimum Gasteiger partial charge on any atom is -0.477 e. The van der Waals surface area contributed by atoms with Gasteiger partial charge in [0.1, 0.15) is 10.6 Å². The number of sulfone groups is 1. The highest BCUT2D eigenvalue weighted by Gasteiger charge is 2.31. The molecule has 2 aromatic carbocycles. The first-order chi connectivity index (χ1) is 10.5. The number of carbonyl (C=O) groups is 1. The van der Waals surface area contributed by atoms with E-state index >= 15 is 0 Å². The van der Waals surface area contributed by atoms with Crippen LogP contribution in [0.1, 0.15) is 10.5 Å². The fourth-order valence-corrected chi connectivity index (χ4v) is 4.49. The fraction of sp³-hybridized carbons (Fsp3) is 0. The molecule has 4 rings (SSSR count). The number of hydrogen-bond donors (Lipinski definition) is 3. The molecule has 7 heteroatoms. The van der Waals surface area contributed by atoms with Gasteiger partial charge in [0.25, 0.3) is 0 Å². The maximum absolute atomic E-state index is 12.9. The molecule has 0 saturated heterocycles. The predicted molar refractivity (Wildman–Crippen MR) is 80.4 cm³/mol. The number of H-pyrrole nitrogens is 1. The molecule has 0 bridgehead atoms. The van der Waals surface area contributed by atoms with E-state index in [2.05, 4.69) is 10.3 Å². The van der Waals surface area contributed by atoms with Crippen LogP contribution in [0.15, 0.2) is 52.3 Å². The number of aromatic nitrogens is 1. The zero-order chi connectivity index (χ0) is 15.5. The Balaban J connectivity index is 2.10. The second-order valence-electron chi connectivity index (χ2n) is 5.02. The Morgan fingerprint density at radius 1 is 1.05 bits per heavy atom. The average molecular weight is 314 g/mol. The lowest BCUT2D eigenvalue weighted by atomic mass is 10.2. The standard InChI is InChI=1S/C15H10N2O4S/c18-15(19)12-7-8-9(16-12)5-6-11-14(8)22(20,21)13-4-2-1-3-10(13)17-11/h1-7,16-17H,(H,18,19). The summed E-state index contributed by atoms with van der Waals surface area (Å²) < 4.78 is 25.8. The van der Waals surface area contributed by atoms with E-state index in [1.165, 1.54) is 12.1 Å². The lowest BCUT2D eigenvalue weighted by Gasteiger charge is -2.21. The van der Waals surface area contributed by atoms with Gasteiger partial charge in [-0.05, 0) is 30.3 Å². The largest absolute Gasteiger partial charge is 0.477 e. The fourth-order valence-electron chi connectivity index (χ4n) is 2.74. The van der Waals surface area contributed by atoms with Crippen molar-refractivity contribution >= 4 is 38.1 Å². The summed E-state index contributed by atoms with van der Waals surface area (Å²) in [6, 6.07) is 11.3. The molecule has 0 amide bonds. The molecule has 1 aliphatic rings. The molecule has 3 aromatic rings. The first kappa shape index (κ1) is 12.9. The third-order valence-corrected chi connectivity index (χ3v) is 5.61. The smallest absolute Gasteiger partial charge is 0.352 e. The molecule has 3 N–H and O–H groups in total. The van der Waals surface area contributed by atoms with Crippen LogP contribution in [0.2, 0.25) is 0 Å². The Morgan fingerprint density at radius 2 is 1.82 bits per heavy atom. The number of rotatable bonds is 1. The Kier molecular flexibility index (Phi) is 2.41. The minimum absolute atomic E-state index is 0.0440. The summed E-state index contributed by atoms with van der Waals surface area (Å²) in [5, 5.41) is 12.5. The number of carboxylic acid groups (broad SMARTS) is 1. The minimum atomic E-state index is -3.72. The molecule has 6 nitrogen and oxygen atoms in total. The Morgan fingerprint density at radius 3 is 2.59 bits per heavy atom. The topological polar surface area (TPSA) is 99.3 Å². The molecular formula is C15H10N2O4S. The maximum atomic E-state index is 12.9. The lowest BCUT2D eigenvalue weighted by molar-refractivity contribution is 0.0691. The number of nitrogens with one attached hydrogen (secondary N) is 2. The van der Waals surface area contributed by atoms with E-state index in [0.717, 1.165) is 0 Å². The summed E-state index contributed by atoms with van der Waals surface area (Å²) in [6.45, 7) is 0. The van der Waals surface area contributed by atoms with E-state index in [1.54, 1.807) is 30.3 Å². The van der Waals surface area contributed by atoms with Crippen LogP contribution in [-0.2, 0) is 9.84 Å². The van der Waals surface area contributed by atoms with Crippen molar-refractivity contribution in [1.29, 1.82) is 0 Å². The molecule has 1 aromatic heterocycles. The quantitative estimate of drug-likeness (QED) is 0.502. The number of para-hydroxylation sites is 1. The number of fused-ring (bicyclic) bond motifs is 4. The van der Waals surface area contributed by atoms with E-state index in [9.17, 15) is 13.2 Å². The Hall–Kier alpha value is -2.80. The predicted octanol–water partition coefficient (Wildman–Crippen LogP) is 2.76. The van der Waals surface area contributed by atoms with Crippen LogP contribution in [0, 0.1) is 0 Å². The summed E-state index contributed by atoms with van der Waals surface area (Å²) >= 11 is 0. The van der Waals surface area contributed by atoms with Gasteiger partial charge in [-0.25, -0.2) is 13.2 Å². The molecule has 0 fully saturated rings. The van der Waals surface area contributed by atoms with Crippen molar-refractivity contribution in [2.75, 3.05) is 5.32 Å². The number of hydrogen-bond acceptors (Lipinski definition) is 4. The summed E-state index contributed by atoms with van der Waals surface area (Å²) in [6.07, 6.45) is 0. The second kappa shape index (κ2) is 4.11. The number of benzene rings is 2. The molecule has 1 aliphatic heterocycles. The molecule has 0 unspecified atom stereocenters. The zero-order valence-corrected chi connectivity index (χ0v) is 11.9. The van der Waals surface area contributed by atoms with Crippen LogP contribution >= 0.6 is 0 Å². The number of carboxylic acids is 1. The first-order valence-corrected chi connectivity index (χ1v) is 7.97. The van der Waals surface area contributed by atoms with Crippen LogP contribution in [0.25, 0.3) is 10.9 Å². The van der Waals surface area contributed by atoms with Crippen LogP contribution in [0.5, 0.6) is 0 Å². The molecule has 22 heavy (non-hydrogen) atoms. The van der Waals surface area contributed by atoms with E-state index in [-0.39, 0.29) is 15.5 Å². The van der Waals surface area contributed by atoms with Gasteiger partial charge in [0, 0.05) is 10.9 Å². The van der Waals surface area contributed by atoms with E-state index < -0.39 is 15.8 Å².